The third-order valence-electron chi connectivity index (χ3n) is 3.68. The lowest BCUT2D eigenvalue weighted by Crippen LogP contribution is -2.06. The highest BCUT2D eigenvalue weighted by Crippen LogP contribution is 2.26. The fourth-order valence-electron chi connectivity index (χ4n) is 2.51. The molecule has 0 aliphatic rings. The number of nitrogen functional groups attached to an aromatic ring is 1. The van der Waals surface area contributed by atoms with E-state index in [1.54, 1.807) is 6.20 Å². The Bertz CT molecular complexity index is 727. The quantitative estimate of drug-likeness (QED) is 0.773. The van der Waals surface area contributed by atoms with Crippen LogP contribution in [-0.4, -0.2) is 29.5 Å². The molecule has 0 aromatic carbocycles. The second-order valence-corrected chi connectivity index (χ2v) is 4.84. The molecule has 0 unspecified atom stereocenters. The van der Waals surface area contributed by atoms with Crippen LogP contribution >= 0.6 is 0 Å². The van der Waals surface area contributed by atoms with E-state index in [1.807, 2.05) is 10.9 Å². The van der Waals surface area contributed by atoms with E-state index in [0.29, 0.717) is 5.82 Å². The van der Waals surface area contributed by atoms with E-state index >= 15 is 0 Å². The van der Waals surface area contributed by atoms with Crippen molar-refractivity contribution in [3.8, 4) is 0 Å². The van der Waals surface area contributed by atoms with Crippen LogP contribution in [0.5, 0.6) is 0 Å². The number of aryl methyl sites for hydroxylation is 3. The number of aromatic nitrogens is 6. The van der Waals surface area contributed by atoms with Crippen LogP contribution in [0.15, 0.2) is 18.7 Å². The maximum absolute atomic E-state index is 5.96. The molecule has 0 amide bonds. The highest BCUT2D eigenvalue weighted by Gasteiger charge is 2.14. The van der Waals surface area contributed by atoms with Crippen LogP contribution in [0.1, 0.15) is 17.7 Å². The first-order chi connectivity index (χ1) is 9.68. The summed E-state index contributed by atoms with van der Waals surface area (Å²) >= 11 is 0. The van der Waals surface area contributed by atoms with Gasteiger partial charge in [0.1, 0.15) is 17.8 Å². The molecule has 0 aliphatic heterocycles. The maximum atomic E-state index is 5.96. The lowest BCUT2D eigenvalue weighted by atomic mass is 10.2. The molecule has 20 heavy (non-hydrogen) atoms. The molecular formula is C13H17N7. The minimum Gasteiger partial charge on any atom is -0.383 e. The standard InChI is InChI=1S/C13H17N7/c1-9-10(2)20(6-3-5-19-7-4-17-18-19)13-11(9)12(14)15-8-16-13/h4,7-8H,3,5-6H2,1-2H3,(H2,14,15,16). The van der Waals surface area contributed by atoms with Gasteiger partial charge in [0.15, 0.2) is 0 Å². The number of nitrogens with zero attached hydrogens (tertiary/aromatic N) is 6. The molecule has 7 heteroatoms. The Morgan fingerprint density at radius 2 is 2.05 bits per heavy atom. The number of fused-ring (bicyclic) bond motifs is 1. The lowest BCUT2D eigenvalue weighted by Gasteiger charge is -2.07. The zero-order chi connectivity index (χ0) is 14.1. The number of hydrogen-bond donors (Lipinski definition) is 1. The summed E-state index contributed by atoms with van der Waals surface area (Å²) in [5.41, 5.74) is 9.20. The van der Waals surface area contributed by atoms with Crippen molar-refractivity contribution in [2.75, 3.05) is 5.73 Å². The minimum absolute atomic E-state index is 0.547. The number of rotatable bonds is 4. The molecule has 3 heterocycles. The molecule has 0 aliphatic carbocycles. The lowest BCUT2D eigenvalue weighted by molar-refractivity contribution is 0.515. The average Bonchev–Trinajstić information content (AvgIpc) is 3.02. The first-order valence-corrected chi connectivity index (χ1v) is 6.58. The first-order valence-electron chi connectivity index (χ1n) is 6.58. The van der Waals surface area contributed by atoms with E-state index in [0.717, 1.165) is 36.1 Å². The first kappa shape index (κ1) is 12.6. The number of nitrogens with two attached hydrogens (primary N) is 1. The monoisotopic (exact) mass is 271 g/mol. The van der Waals surface area contributed by atoms with Crippen molar-refractivity contribution in [2.45, 2.75) is 33.4 Å². The molecule has 3 rings (SSSR count). The van der Waals surface area contributed by atoms with Crippen LogP contribution in [0.25, 0.3) is 11.0 Å². The molecule has 0 radical (unpaired) electrons. The highest BCUT2D eigenvalue weighted by atomic mass is 15.4. The van der Waals surface area contributed by atoms with E-state index in [-0.39, 0.29) is 0 Å². The van der Waals surface area contributed by atoms with Crippen molar-refractivity contribution >= 4 is 16.9 Å². The van der Waals surface area contributed by atoms with Crippen LogP contribution in [-0.2, 0) is 13.1 Å². The van der Waals surface area contributed by atoms with E-state index in [4.69, 9.17) is 5.73 Å². The highest BCUT2D eigenvalue weighted by molar-refractivity contribution is 5.90. The zero-order valence-electron chi connectivity index (χ0n) is 11.6. The van der Waals surface area contributed by atoms with E-state index in [2.05, 4.69) is 38.7 Å². The SMILES string of the molecule is Cc1c(C)n(CCCn2ccnn2)c2ncnc(N)c12. The van der Waals surface area contributed by atoms with Gasteiger partial charge in [0.25, 0.3) is 0 Å². The summed E-state index contributed by atoms with van der Waals surface area (Å²) in [7, 11) is 0. The predicted molar refractivity (Wildman–Crippen MR) is 76.1 cm³/mol. The maximum Gasteiger partial charge on any atom is 0.145 e. The molecule has 0 atom stereocenters. The largest absolute Gasteiger partial charge is 0.383 e. The average molecular weight is 271 g/mol. The molecule has 104 valence electrons. The molecule has 3 aromatic rings. The topological polar surface area (TPSA) is 87.4 Å². The molecular weight excluding hydrogens is 254 g/mol. The molecule has 0 bridgehead atoms. The molecule has 0 fully saturated rings. The van der Waals surface area contributed by atoms with Gasteiger partial charge in [0, 0.05) is 25.0 Å². The number of hydrogen-bond acceptors (Lipinski definition) is 5. The molecule has 0 saturated carbocycles. The summed E-state index contributed by atoms with van der Waals surface area (Å²) < 4.78 is 4.02. The smallest absolute Gasteiger partial charge is 0.145 e. The Kier molecular flexibility index (Phi) is 3.09. The van der Waals surface area contributed by atoms with E-state index in [1.165, 1.54) is 12.0 Å². The van der Waals surface area contributed by atoms with Gasteiger partial charge in [-0.2, -0.15) is 0 Å². The Balaban J connectivity index is 1.88. The van der Waals surface area contributed by atoms with Gasteiger partial charge >= 0.3 is 0 Å². The molecule has 2 N–H and O–H groups in total. The summed E-state index contributed by atoms with van der Waals surface area (Å²) in [4.78, 5) is 8.45. The van der Waals surface area contributed by atoms with Crippen LogP contribution in [0, 0.1) is 13.8 Å². The Hall–Kier alpha value is -2.44. The third-order valence-corrected chi connectivity index (χ3v) is 3.68. The van der Waals surface area contributed by atoms with Crippen molar-refractivity contribution in [3.05, 3.63) is 30.0 Å². The summed E-state index contributed by atoms with van der Waals surface area (Å²) in [6.45, 7) is 5.85. The van der Waals surface area contributed by atoms with Crippen molar-refractivity contribution < 1.29 is 0 Å². The second kappa shape index (κ2) is 4.92. The summed E-state index contributed by atoms with van der Waals surface area (Å²) in [5, 5.41) is 8.73. The number of anilines is 1. The van der Waals surface area contributed by atoms with Gasteiger partial charge in [-0.05, 0) is 25.8 Å². The second-order valence-electron chi connectivity index (χ2n) is 4.84. The third kappa shape index (κ3) is 2.01. The van der Waals surface area contributed by atoms with Crippen LogP contribution < -0.4 is 5.73 Å². The van der Waals surface area contributed by atoms with E-state index < -0.39 is 0 Å². The van der Waals surface area contributed by atoms with Crippen LogP contribution in [0.3, 0.4) is 0 Å². The molecule has 7 nitrogen and oxygen atoms in total. The van der Waals surface area contributed by atoms with Crippen LogP contribution in [0.4, 0.5) is 5.82 Å². The van der Waals surface area contributed by atoms with Gasteiger partial charge in [-0.15, -0.1) is 5.10 Å². The molecule has 0 saturated heterocycles. The minimum atomic E-state index is 0.547. The van der Waals surface area contributed by atoms with Gasteiger partial charge in [0.05, 0.1) is 11.6 Å². The van der Waals surface area contributed by atoms with Gasteiger partial charge in [0.2, 0.25) is 0 Å². The van der Waals surface area contributed by atoms with Crippen LogP contribution in [0.2, 0.25) is 0 Å². The van der Waals surface area contributed by atoms with Gasteiger partial charge < -0.3 is 10.3 Å². The fourth-order valence-corrected chi connectivity index (χ4v) is 2.51. The predicted octanol–water partition coefficient (Wildman–Crippen LogP) is 1.31. The normalized spacial score (nSPS) is 11.3. The Labute approximate surface area is 116 Å². The van der Waals surface area contributed by atoms with Gasteiger partial charge in [-0.3, -0.25) is 4.68 Å². The fraction of sp³-hybridized carbons (Fsp3) is 0.385. The Morgan fingerprint density at radius 3 is 2.80 bits per heavy atom. The molecule has 3 aromatic heterocycles. The van der Waals surface area contributed by atoms with E-state index in [9.17, 15) is 0 Å². The van der Waals surface area contributed by atoms with Crippen molar-refractivity contribution in [3.63, 3.8) is 0 Å². The molecule has 0 spiro atoms. The van der Waals surface area contributed by atoms with Crippen molar-refractivity contribution in [1.82, 2.24) is 29.5 Å². The van der Waals surface area contributed by atoms with Crippen molar-refractivity contribution in [2.24, 2.45) is 0 Å². The summed E-state index contributed by atoms with van der Waals surface area (Å²) in [6, 6.07) is 0. The van der Waals surface area contributed by atoms with Gasteiger partial charge in [-0.25, -0.2) is 9.97 Å². The zero-order valence-corrected chi connectivity index (χ0v) is 11.6. The summed E-state index contributed by atoms with van der Waals surface area (Å²) in [5.74, 6) is 0.547. The van der Waals surface area contributed by atoms with Crippen molar-refractivity contribution in [1.29, 1.82) is 0 Å². The van der Waals surface area contributed by atoms with Gasteiger partial charge in [-0.1, -0.05) is 5.21 Å². The Morgan fingerprint density at radius 1 is 1.20 bits per heavy atom. The summed E-state index contributed by atoms with van der Waals surface area (Å²) in [6.07, 6.45) is 6.03.